The van der Waals surface area contributed by atoms with Gasteiger partial charge in [-0.05, 0) is 44.4 Å². The first kappa shape index (κ1) is 20.4. The van der Waals surface area contributed by atoms with E-state index in [0.29, 0.717) is 11.3 Å². The lowest BCUT2D eigenvalue weighted by Gasteiger charge is -2.37. The normalized spacial score (nSPS) is 17.9. The van der Waals surface area contributed by atoms with Gasteiger partial charge >= 0.3 is 0 Å². The average molecular weight is 299 g/mol. The summed E-state index contributed by atoms with van der Waals surface area (Å²) in [5, 5.41) is 2.95. The Morgan fingerprint density at radius 3 is 2.19 bits per heavy atom. The summed E-state index contributed by atoms with van der Waals surface area (Å²) < 4.78 is 6.27. The molecule has 0 aromatic heterocycles. The number of carbonyl (C=O) groups excluding carboxylic acids is 1. The van der Waals surface area contributed by atoms with Gasteiger partial charge in [0.1, 0.15) is 0 Å². The van der Waals surface area contributed by atoms with Crippen molar-refractivity contribution in [3.63, 3.8) is 0 Å². The molecule has 0 saturated carbocycles. The third-order valence-electron chi connectivity index (χ3n) is 4.85. The molecule has 3 heteroatoms. The third kappa shape index (κ3) is 7.85. The van der Waals surface area contributed by atoms with Gasteiger partial charge < -0.3 is 10.1 Å². The quantitative estimate of drug-likeness (QED) is 0.642. The Labute approximate surface area is 132 Å². The van der Waals surface area contributed by atoms with Gasteiger partial charge in [-0.1, -0.05) is 41.0 Å². The van der Waals surface area contributed by atoms with Crippen LogP contribution in [0.3, 0.4) is 0 Å². The van der Waals surface area contributed by atoms with E-state index >= 15 is 0 Å². The first-order valence-electron chi connectivity index (χ1n) is 8.47. The lowest BCUT2D eigenvalue weighted by molar-refractivity contribution is -0.120. The van der Waals surface area contributed by atoms with Crippen molar-refractivity contribution in [1.82, 2.24) is 5.32 Å². The van der Waals surface area contributed by atoms with Crippen molar-refractivity contribution in [1.29, 1.82) is 0 Å². The molecular formula is C18H37NO2. The molecular weight excluding hydrogens is 262 g/mol. The van der Waals surface area contributed by atoms with Crippen molar-refractivity contribution in [3.05, 3.63) is 0 Å². The van der Waals surface area contributed by atoms with Gasteiger partial charge in [0.2, 0.25) is 5.91 Å². The van der Waals surface area contributed by atoms with Crippen LogP contribution in [0, 0.1) is 11.3 Å². The Bertz CT molecular complexity index is 314. The number of carbonyl (C=O) groups is 1. The highest BCUT2D eigenvalue weighted by Crippen LogP contribution is 2.33. The zero-order valence-electron chi connectivity index (χ0n) is 15.5. The molecule has 0 aliphatic rings. The largest absolute Gasteiger partial charge is 0.375 e. The van der Waals surface area contributed by atoms with Crippen LogP contribution in [0.15, 0.2) is 0 Å². The predicted molar refractivity (Wildman–Crippen MR) is 90.4 cm³/mol. The Hall–Kier alpha value is -0.570. The average Bonchev–Trinajstić information content (AvgIpc) is 2.34. The second-order valence-electron chi connectivity index (χ2n) is 7.56. The van der Waals surface area contributed by atoms with E-state index in [2.05, 4.69) is 46.9 Å². The van der Waals surface area contributed by atoms with Crippen molar-refractivity contribution in [2.24, 2.45) is 11.3 Å². The summed E-state index contributed by atoms with van der Waals surface area (Å²) in [4.78, 5) is 11.1. The van der Waals surface area contributed by atoms with Gasteiger partial charge in [0.15, 0.2) is 0 Å². The van der Waals surface area contributed by atoms with Crippen LogP contribution < -0.4 is 5.32 Å². The molecule has 3 nitrogen and oxygen atoms in total. The van der Waals surface area contributed by atoms with E-state index in [0.717, 1.165) is 19.4 Å². The summed E-state index contributed by atoms with van der Waals surface area (Å²) in [6.45, 7) is 17.9. The Kier molecular flexibility index (Phi) is 8.53. The van der Waals surface area contributed by atoms with Crippen LogP contribution in [-0.4, -0.2) is 24.2 Å². The lowest BCUT2D eigenvalue weighted by Crippen LogP contribution is -2.41. The minimum absolute atomic E-state index is 0.0263. The molecule has 1 amide bonds. The molecule has 0 bridgehead atoms. The van der Waals surface area contributed by atoms with Gasteiger partial charge in [0, 0.05) is 13.0 Å². The molecule has 0 aromatic rings. The van der Waals surface area contributed by atoms with E-state index < -0.39 is 0 Å². The second-order valence-corrected chi connectivity index (χ2v) is 7.56. The molecule has 0 spiro atoms. The fourth-order valence-corrected chi connectivity index (χ4v) is 2.79. The molecule has 0 aliphatic heterocycles. The van der Waals surface area contributed by atoms with Gasteiger partial charge in [0.05, 0.1) is 12.2 Å². The van der Waals surface area contributed by atoms with Gasteiger partial charge in [-0.15, -0.1) is 0 Å². The maximum absolute atomic E-state index is 11.1. The van der Waals surface area contributed by atoms with Crippen LogP contribution in [0.4, 0.5) is 0 Å². The highest BCUT2D eigenvalue weighted by atomic mass is 16.5. The SMILES string of the molecule is CCCC(C)(C)C(C)COC(C)(CC)CC(C)NC(C)=O. The molecule has 0 fully saturated rings. The van der Waals surface area contributed by atoms with E-state index in [4.69, 9.17) is 4.74 Å². The van der Waals surface area contributed by atoms with E-state index in [1.807, 2.05) is 6.92 Å². The molecule has 3 atom stereocenters. The lowest BCUT2D eigenvalue weighted by atomic mass is 9.77. The molecule has 0 heterocycles. The van der Waals surface area contributed by atoms with E-state index in [9.17, 15) is 4.79 Å². The van der Waals surface area contributed by atoms with Crippen molar-refractivity contribution < 1.29 is 9.53 Å². The van der Waals surface area contributed by atoms with Crippen LogP contribution in [0.5, 0.6) is 0 Å². The molecule has 21 heavy (non-hydrogen) atoms. The molecule has 0 saturated heterocycles. The molecule has 0 aliphatic carbocycles. The molecule has 0 aromatic carbocycles. The van der Waals surface area contributed by atoms with Gasteiger partial charge in [-0.25, -0.2) is 0 Å². The van der Waals surface area contributed by atoms with Crippen LogP contribution in [0.2, 0.25) is 0 Å². The monoisotopic (exact) mass is 299 g/mol. The summed E-state index contributed by atoms with van der Waals surface area (Å²) in [7, 11) is 0. The van der Waals surface area contributed by atoms with Crippen molar-refractivity contribution in [2.75, 3.05) is 6.61 Å². The summed E-state index contributed by atoms with van der Waals surface area (Å²) in [6, 6.07) is 0.145. The van der Waals surface area contributed by atoms with Crippen LogP contribution >= 0.6 is 0 Å². The maximum atomic E-state index is 11.1. The molecule has 126 valence electrons. The van der Waals surface area contributed by atoms with Crippen LogP contribution in [0.25, 0.3) is 0 Å². The fourth-order valence-electron chi connectivity index (χ4n) is 2.79. The molecule has 0 radical (unpaired) electrons. The maximum Gasteiger partial charge on any atom is 0.217 e. The third-order valence-corrected chi connectivity index (χ3v) is 4.85. The second kappa shape index (κ2) is 8.77. The van der Waals surface area contributed by atoms with E-state index in [-0.39, 0.29) is 17.6 Å². The van der Waals surface area contributed by atoms with Crippen LogP contribution in [-0.2, 0) is 9.53 Å². The Balaban J connectivity index is 4.51. The van der Waals surface area contributed by atoms with Crippen molar-refractivity contribution in [3.8, 4) is 0 Å². The highest BCUT2D eigenvalue weighted by Gasteiger charge is 2.30. The van der Waals surface area contributed by atoms with E-state index in [1.54, 1.807) is 6.92 Å². The smallest absolute Gasteiger partial charge is 0.217 e. The zero-order valence-corrected chi connectivity index (χ0v) is 15.5. The first-order valence-corrected chi connectivity index (χ1v) is 8.47. The Morgan fingerprint density at radius 1 is 1.19 bits per heavy atom. The summed E-state index contributed by atoms with van der Waals surface area (Å²) in [5.41, 5.74) is 0.144. The number of ether oxygens (including phenoxy) is 1. The number of hydrogen-bond donors (Lipinski definition) is 1. The van der Waals surface area contributed by atoms with Gasteiger partial charge in [-0.3, -0.25) is 4.79 Å². The van der Waals surface area contributed by atoms with Crippen LogP contribution in [0.1, 0.15) is 81.1 Å². The summed E-state index contributed by atoms with van der Waals surface area (Å²) >= 11 is 0. The fraction of sp³-hybridized carbons (Fsp3) is 0.944. The van der Waals surface area contributed by atoms with Gasteiger partial charge in [-0.2, -0.15) is 0 Å². The number of rotatable bonds is 10. The van der Waals surface area contributed by atoms with Gasteiger partial charge in [0.25, 0.3) is 0 Å². The number of nitrogens with one attached hydrogen (secondary N) is 1. The topological polar surface area (TPSA) is 38.3 Å². The molecule has 1 N–H and O–H groups in total. The first-order chi connectivity index (χ1) is 9.56. The summed E-state index contributed by atoms with van der Waals surface area (Å²) in [5.74, 6) is 0.554. The standard InChI is InChI=1S/C18H37NO2/c1-9-11-17(6,7)14(3)13-21-18(8,10-2)12-15(4)19-16(5)20/h14-15H,9-13H2,1-8H3,(H,19,20). The summed E-state index contributed by atoms with van der Waals surface area (Å²) in [6.07, 6.45) is 4.24. The number of hydrogen-bond acceptors (Lipinski definition) is 2. The molecule has 3 unspecified atom stereocenters. The number of amides is 1. The minimum atomic E-state index is -0.168. The minimum Gasteiger partial charge on any atom is -0.375 e. The highest BCUT2D eigenvalue weighted by molar-refractivity contribution is 5.73. The van der Waals surface area contributed by atoms with Crippen molar-refractivity contribution >= 4 is 5.91 Å². The zero-order chi connectivity index (χ0) is 16.7. The van der Waals surface area contributed by atoms with E-state index in [1.165, 1.54) is 12.8 Å². The molecule has 0 rings (SSSR count). The van der Waals surface area contributed by atoms with Crippen molar-refractivity contribution in [2.45, 2.75) is 92.7 Å². The Morgan fingerprint density at radius 2 is 1.76 bits per heavy atom. The predicted octanol–water partition coefficient (Wildman–Crippen LogP) is 4.55.